The molecule has 0 saturated carbocycles. The SMILES string of the molecule is O=C(OCCCCO)c1cccc([N+](=O)[O-])c1. The van der Waals surface area contributed by atoms with E-state index >= 15 is 0 Å². The summed E-state index contributed by atoms with van der Waals surface area (Å²) >= 11 is 0. The second-order valence-electron chi connectivity index (χ2n) is 3.37. The van der Waals surface area contributed by atoms with Gasteiger partial charge in [-0.05, 0) is 18.9 Å². The van der Waals surface area contributed by atoms with Crippen molar-refractivity contribution < 1.29 is 19.6 Å². The Morgan fingerprint density at radius 3 is 2.82 bits per heavy atom. The van der Waals surface area contributed by atoms with Gasteiger partial charge in [0, 0.05) is 18.7 Å². The molecule has 1 aromatic rings. The highest BCUT2D eigenvalue weighted by molar-refractivity contribution is 5.90. The molecule has 0 radical (unpaired) electrons. The number of benzene rings is 1. The fourth-order valence-electron chi connectivity index (χ4n) is 1.21. The van der Waals surface area contributed by atoms with E-state index < -0.39 is 10.9 Å². The molecule has 0 amide bonds. The van der Waals surface area contributed by atoms with Crippen LogP contribution in [-0.2, 0) is 4.74 Å². The Morgan fingerprint density at radius 2 is 2.18 bits per heavy atom. The number of esters is 1. The predicted molar refractivity (Wildman–Crippen MR) is 59.7 cm³/mol. The molecular formula is C11H13NO5. The molecule has 0 aromatic heterocycles. The molecule has 1 aromatic carbocycles. The normalized spacial score (nSPS) is 9.94. The van der Waals surface area contributed by atoms with Crippen molar-refractivity contribution in [1.29, 1.82) is 0 Å². The van der Waals surface area contributed by atoms with Gasteiger partial charge in [0.25, 0.3) is 5.69 Å². The number of carbonyl (C=O) groups excluding carboxylic acids is 1. The first-order valence-corrected chi connectivity index (χ1v) is 5.17. The lowest BCUT2D eigenvalue weighted by molar-refractivity contribution is -0.384. The maximum Gasteiger partial charge on any atom is 0.338 e. The van der Waals surface area contributed by atoms with Crippen molar-refractivity contribution in [3.05, 3.63) is 39.9 Å². The summed E-state index contributed by atoms with van der Waals surface area (Å²) in [5.41, 5.74) is 0.0120. The molecule has 0 aliphatic heterocycles. The molecule has 6 heteroatoms. The zero-order valence-electron chi connectivity index (χ0n) is 9.17. The fraction of sp³-hybridized carbons (Fsp3) is 0.364. The first-order chi connectivity index (χ1) is 8.15. The first-order valence-electron chi connectivity index (χ1n) is 5.17. The lowest BCUT2D eigenvalue weighted by Crippen LogP contribution is -2.07. The van der Waals surface area contributed by atoms with Crippen LogP contribution >= 0.6 is 0 Å². The summed E-state index contributed by atoms with van der Waals surface area (Å²) in [7, 11) is 0. The van der Waals surface area contributed by atoms with E-state index in [0.29, 0.717) is 12.8 Å². The number of nitro benzene ring substituents is 1. The van der Waals surface area contributed by atoms with Crippen LogP contribution in [0.4, 0.5) is 5.69 Å². The summed E-state index contributed by atoms with van der Waals surface area (Å²) in [4.78, 5) is 21.4. The first kappa shape index (κ1) is 13.1. The van der Waals surface area contributed by atoms with Gasteiger partial charge in [-0.1, -0.05) is 6.07 Å². The van der Waals surface area contributed by atoms with E-state index in [-0.39, 0.29) is 24.5 Å². The highest BCUT2D eigenvalue weighted by Crippen LogP contribution is 2.13. The monoisotopic (exact) mass is 239 g/mol. The van der Waals surface area contributed by atoms with Crippen molar-refractivity contribution in [3.63, 3.8) is 0 Å². The van der Waals surface area contributed by atoms with Gasteiger partial charge in [0.1, 0.15) is 0 Å². The smallest absolute Gasteiger partial charge is 0.338 e. The van der Waals surface area contributed by atoms with Gasteiger partial charge in [0.2, 0.25) is 0 Å². The van der Waals surface area contributed by atoms with Crippen LogP contribution in [0.15, 0.2) is 24.3 Å². The Labute approximate surface area is 98.0 Å². The van der Waals surface area contributed by atoms with Crippen molar-refractivity contribution in [2.45, 2.75) is 12.8 Å². The second kappa shape index (κ2) is 6.59. The molecule has 0 saturated heterocycles. The summed E-state index contributed by atoms with van der Waals surface area (Å²) in [6.45, 7) is 0.246. The van der Waals surface area contributed by atoms with Crippen molar-refractivity contribution in [2.24, 2.45) is 0 Å². The van der Waals surface area contributed by atoms with Crippen molar-refractivity contribution in [3.8, 4) is 0 Å². The van der Waals surface area contributed by atoms with Crippen LogP contribution in [0.3, 0.4) is 0 Å². The minimum absolute atomic E-state index is 0.0500. The number of ether oxygens (including phenoxy) is 1. The minimum Gasteiger partial charge on any atom is -0.462 e. The topological polar surface area (TPSA) is 89.7 Å². The summed E-state index contributed by atoms with van der Waals surface area (Å²) in [5, 5.41) is 19.0. The van der Waals surface area contributed by atoms with Crippen LogP contribution < -0.4 is 0 Å². The quantitative estimate of drug-likeness (QED) is 0.352. The van der Waals surface area contributed by atoms with Crippen LogP contribution in [0.25, 0.3) is 0 Å². The molecule has 0 atom stereocenters. The Balaban J connectivity index is 2.56. The highest BCUT2D eigenvalue weighted by atomic mass is 16.6. The van der Waals surface area contributed by atoms with Crippen molar-refractivity contribution >= 4 is 11.7 Å². The average molecular weight is 239 g/mol. The molecule has 0 aliphatic rings. The Hall–Kier alpha value is -1.95. The third-order valence-electron chi connectivity index (χ3n) is 2.08. The number of nitrogens with zero attached hydrogens (tertiary/aromatic N) is 1. The van der Waals surface area contributed by atoms with E-state index in [2.05, 4.69) is 0 Å². The number of aliphatic hydroxyl groups is 1. The van der Waals surface area contributed by atoms with Crippen LogP contribution in [0, 0.1) is 10.1 Å². The molecule has 0 spiro atoms. The fourth-order valence-corrected chi connectivity index (χ4v) is 1.21. The number of rotatable bonds is 6. The summed E-state index contributed by atoms with van der Waals surface area (Å²) in [6.07, 6.45) is 1.12. The van der Waals surface area contributed by atoms with E-state index in [4.69, 9.17) is 9.84 Å². The van der Waals surface area contributed by atoms with E-state index in [1.807, 2.05) is 0 Å². The van der Waals surface area contributed by atoms with Crippen LogP contribution in [-0.4, -0.2) is 29.2 Å². The van der Waals surface area contributed by atoms with Crippen LogP contribution in [0.5, 0.6) is 0 Å². The van der Waals surface area contributed by atoms with E-state index in [1.165, 1.54) is 24.3 Å². The maximum absolute atomic E-state index is 11.5. The lowest BCUT2D eigenvalue weighted by Gasteiger charge is -2.03. The highest BCUT2D eigenvalue weighted by Gasteiger charge is 2.12. The molecule has 17 heavy (non-hydrogen) atoms. The van der Waals surface area contributed by atoms with E-state index in [0.717, 1.165) is 0 Å². The standard InChI is InChI=1S/C11H13NO5/c13-6-1-2-7-17-11(14)9-4-3-5-10(8-9)12(15)16/h3-5,8,13H,1-2,6-7H2. The van der Waals surface area contributed by atoms with Crippen molar-refractivity contribution in [1.82, 2.24) is 0 Å². The summed E-state index contributed by atoms with van der Waals surface area (Å²) < 4.78 is 4.89. The number of carbonyl (C=O) groups is 1. The Morgan fingerprint density at radius 1 is 1.41 bits per heavy atom. The van der Waals surface area contributed by atoms with E-state index in [1.54, 1.807) is 0 Å². The predicted octanol–water partition coefficient (Wildman–Crippen LogP) is 1.52. The average Bonchev–Trinajstić information content (AvgIpc) is 2.34. The number of hydrogen-bond acceptors (Lipinski definition) is 5. The number of unbranched alkanes of at least 4 members (excludes halogenated alkanes) is 1. The molecular weight excluding hydrogens is 226 g/mol. The number of hydrogen-bond donors (Lipinski definition) is 1. The van der Waals surface area contributed by atoms with Crippen LogP contribution in [0.2, 0.25) is 0 Å². The molecule has 92 valence electrons. The van der Waals surface area contributed by atoms with Gasteiger partial charge in [-0.2, -0.15) is 0 Å². The second-order valence-corrected chi connectivity index (χ2v) is 3.37. The molecule has 0 heterocycles. The minimum atomic E-state index is -0.591. The molecule has 0 fully saturated rings. The molecule has 1 N–H and O–H groups in total. The summed E-state index contributed by atoms with van der Waals surface area (Å²) in [5.74, 6) is -0.591. The number of non-ortho nitro benzene ring substituents is 1. The van der Waals surface area contributed by atoms with Gasteiger partial charge in [-0.3, -0.25) is 10.1 Å². The molecule has 0 aliphatic carbocycles. The Bertz CT molecular complexity index is 405. The van der Waals surface area contributed by atoms with Gasteiger partial charge in [0.05, 0.1) is 17.1 Å². The van der Waals surface area contributed by atoms with Crippen LogP contribution in [0.1, 0.15) is 23.2 Å². The molecule has 1 rings (SSSR count). The zero-order valence-corrected chi connectivity index (χ0v) is 9.17. The van der Waals surface area contributed by atoms with Gasteiger partial charge < -0.3 is 9.84 Å². The van der Waals surface area contributed by atoms with Crippen molar-refractivity contribution in [2.75, 3.05) is 13.2 Å². The maximum atomic E-state index is 11.5. The number of nitro groups is 1. The van der Waals surface area contributed by atoms with Gasteiger partial charge in [0.15, 0.2) is 0 Å². The van der Waals surface area contributed by atoms with Gasteiger partial charge in [-0.25, -0.2) is 4.79 Å². The largest absolute Gasteiger partial charge is 0.462 e. The third-order valence-corrected chi connectivity index (χ3v) is 2.08. The molecule has 0 bridgehead atoms. The zero-order chi connectivity index (χ0) is 12.7. The third kappa shape index (κ3) is 4.20. The lowest BCUT2D eigenvalue weighted by atomic mass is 10.2. The van der Waals surface area contributed by atoms with E-state index in [9.17, 15) is 14.9 Å². The van der Waals surface area contributed by atoms with Gasteiger partial charge >= 0.3 is 5.97 Å². The summed E-state index contributed by atoms with van der Waals surface area (Å²) in [6, 6.07) is 5.38. The number of aliphatic hydroxyl groups excluding tert-OH is 1. The Kier molecular flexibility index (Phi) is 5.09. The molecule has 0 unspecified atom stereocenters. The molecule has 6 nitrogen and oxygen atoms in total. The van der Waals surface area contributed by atoms with Gasteiger partial charge in [-0.15, -0.1) is 0 Å².